The minimum absolute atomic E-state index is 0.372. The SMILES string of the molecule is CC(C)CC1(Cc2nnn(C)n2)CNC1. The fourth-order valence-corrected chi connectivity index (χ4v) is 2.42. The molecule has 0 aromatic carbocycles. The lowest BCUT2D eigenvalue weighted by Gasteiger charge is -2.43. The fourth-order valence-electron chi connectivity index (χ4n) is 2.42. The quantitative estimate of drug-likeness (QED) is 0.779. The van der Waals surface area contributed by atoms with Crippen LogP contribution in [0.1, 0.15) is 26.1 Å². The molecule has 2 heterocycles. The van der Waals surface area contributed by atoms with E-state index >= 15 is 0 Å². The van der Waals surface area contributed by atoms with Gasteiger partial charge in [0.1, 0.15) is 0 Å². The molecule has 1 aliphatic rings. The fraction of sp³-hybridized carbons (Fsp3) is 0.900. The van der Waals surface area contributed by atoms with Crippen molar-refractivity contribution < 1.29 is 0 Å². The normalized spacial score (nSPS) is 19.2. The van der Waals surface area contributed by atoms with E-state index in [1.165, 1.54) is 11.2 Å². The van der Waals surface area contributed by atoms with Gasteiger partial charge < -0.3 is 5.32 Å². The molecular weight excluding hydrogens is 190 g/mol. The predicted molar refractivity (Wildman–Crippen MR) is 57.3 cm³/mol. The van der Waals surface area contributed by atoms with Crippen LogP contribution in [-0.4, -0.2) is 33.3 Å². The van der Waals surface area contributed by atoms with Gasteiger partial charge >= 0.3 is 0 Å². The van der Waals surface area contributed by atoms with E-state index in [1.807, 2.05) is 7.05 Å². The van der Waals surface area contributed by atoms with Crippen LogP contribution in [0.3, 0.4) is 0 Å². The number of rotatable bonds is 4. The number of tetrazole rings is 1. The summed E-state index contributed by atoms with van der Waals surface area (Å²) in [4.78, 5) is 1.53. The van der Waals surface area contributed by atoms with Crippen LogP contribution in [0.2, 0.25) is 0 Å². The van der Waals surface area contributed by atoms with Gasteiger partial charge in [0, 0.05) is 24.9 Å². The van der Waals surface area contributed by atoms with Crippen molar-refractivity contribution in [3.8, 4) is 0 Å². The second-order valence-corrected chi connectivity index (χ2v) is 5.07. The average molecular weight is 209 g/mol. The van der Waals surface area contributed by atoms with Crippen molar-refractivity contribution in [1.29, 1.82) is 0 Å². The number of nitrogens with zero attached hydrogens (tertiary/aromatic N) is 4. The summed E-state index contributed by atoms with van der Waals surface area (Å²) in [5, 5.41) is 15.5. The van der Waals surface area contributed by atoms with Gasteiger partial charge in [0.2, 0.25) is 0 Å². The summed E-state index contributed by atoms with van der Waals surface area (Å²) in [5.74, 6) is 1.60. The average Bonchev–Trinajstić information content (AvgIpc) is 2.46. The first kappa shape index (κ1) is 10.5. The van der Waals surface area contributed by atoms with Gasteiger partial charge in [-0.25, -0.2) is 0 Å². The van der Waals surface area contributed by atoms with Crippen molar-refractivity contribution in [1.82, 2.24) is 25.5 Å². The number of hydrogen-bond donors (Lipinski definition) is 1. The van der Waals surface area contributed by atoms with Gasteiger partial charge in [-0.2, -0.15) is 4.80 Å². The van der Waals surface area contributed by atoms with Crippen LogP contribution in [-0.2, 0) is 13.5 Å². The molecule has 0 atom stereocenters. The highest BCUT2D eigenvalue weighted by molar-refractivity contribution is 4.99. The Kier molecular flexibility index (Phi) is 2.73. The molecule has 5 nitrogen and oxygen atoms in total. The van der Waals surface area contributed by atoms with Crippen LogP contribution >= 0.6 is 0 Å². The van der Waals surface area contributed by atoms with Gasteiger partial charge in [0.15, 0.2) is 5.82 Å². The Labute approximate surface area is 90.2 Å². The molecule has 1 saturated heterocycles. The molecule has 1 aromatic rings. The molecule has 0 radical (unpaired) electrons. The zero-order chi connectivity index (χ0) is 10.9. The molecule has 84 valence electrons. The molecule has 0 aliphatic carbocycles. The Hall–Kier alpha value is -0.970. The number of hydrogen-bond acceptors (Lipinski definition) is 4. The highest BCUT2D eigenvalue weighted by Crippen LogP contribution is 2.33. The lowest BCUT2D eigenvalue weighted by Crippen LogP contribution is -2.55. The molecule has 1 N–H and O–H groups in total. The highest BCUT2D eigenvalue weighted by Gasteiger charge is 2.38. The maximum absolute atomic E-state index is 4.25. The molecule has 1 fully saturated rings. The smallest absolute Gasteiger partial charge is 0.175 e. The van der Waals surface area contributed by atoms with Gasteiger partial charge in [0.05, 0.1) is 7.05 Å². The van der Waals surface area contributed by atoms with Crippen LogP contribution in [0.4, 0.5) is 0 Å². The first-order chi connectivity index (χ1) is 7.10. The van der Waals surface area contributed by atoms with E-state index in [9.17, 15) is 0 Å². The van der Waals surface area contributed by atoms with E-state index in [0.29, 0.717) is 5.41 Å². The van der Waals surface area contributed by atoms with Crippen molar-refractivity contribution in [2.24, 2.45) is 18.4 Å². The summed E-state index contributed by atoms with van der Waals surface area (Å²) in [6.07, 6.45) is 2.18. The minimum Gasteiger partial charge on any atom is -0.316 e. The Bertz CT molecular complexity index is 326. The molecule has 0 spiro atoms. The lowest BCUT2D eigenvalue weighted by molar-refractivity contribution is 0.128. The first-order valence-electron chi connectivity index (χ1n) is 5.53. The van der Waals surface area contributed by atoms with Crippen LogP contribution in [0.15, 0.2) is 0 Å². The summed E-state index contributed by atoms with van der Waals surface area (Å²) in [6, 6.07) is 0. The predicted octanol–water partition coefficient (Wildman–Crippen LogP) is 0.388. The topological polar surface area (TPSA) is 55.6 Å². The van der Waals surface area contributed by atoms with Crippen molar-refractivity contribution in [2.45, 2.75) is 26.7 Å². The standard InChI is InChI=1S/C10H19N5/c1-8(2)4-10(6-11-7-10)5-9-12-14-15(3)13-9/h8,11H,4-7H2,1-3H3. The molecule has 0 saturated carbocycles. The Morgan fingerprint density at radius 2 is 2.20 bits per heavy atom. The molecule has 0 unspecified atom stereocenters. The summed E-state index contributed by atoms with van der Waals surface area (Å²) >= 11 is 0. The van der Waals surface area contributed by atoms with Crippen LogP contribution in [0, 0.1) is 11.3 Å². The molecule has 2 rings (SSSR count). The Morgan fingerprint density at radius 1 is 1.47 bits per heavy atom. The van der Waals surface area contributed by atoms with E-state index in [0.717, 1.165) is 31.3 Å². The molecule has 1 aromatic heterocycles. The third-order valence-corrected chi connectivity index (χ3v) is 2.92. The van der Waals surface area contributed by atoms with Crippen molar-refractivity contribution in [2.75, 3.05) is 13.1 Å². The van der Waals surface area contributed by atoms with Gasteiger partial charge in [-0.05, 0) is 17.6 Å². The zero-order valence-corrected chi connectivity index (χ0v) is 9.69. The Morgan fingerprint density at radius 3 is 2.60 bits per heavy atom. The maximum Gasteiger partial charge on any atom is 0.175 e. The summed E-state index contributed by atoms with van der Waals surface area (Å²) in [7, 11) is 1.81. The molecule has 15 heavy (non-hydrogen) atoms. The molecule has 0 bridgehead atoms. The van der Waals surface area contributed by atoms with Gasteiger partial charge in [-0.15, -0.1) is 10.2 Å². The molecule has 5 heteroatoms. The van der Waals surface area contributed by atoms with Gasteiger partial charge in [-0.3, -0.25) is 0 Å². The minimum atomic E-state index is 0.372. The number of aryl methyl sites for hydroxylation is 1. The van der Waals surface area contributed by atoms with Gasteiger partial charge in [0.25, 0.3) is 0 Å². The van der Waals surface area contributed by atoms with E-state index in [-0.39, 0.29) is 0 Å². The van der Waals surface area contributed by atoms with Crippen LogP contribution < -0.4 is 5.32 Å². The van der Waals surface area contributed by atoms with Crippen LogP contribution in [0.25, 0.3) is 0 Å². The number of nitrogens with one attached hydrogen (secondary N) is 1. The first-order valence-corrected chi connectivity index (χ1v) is 5.53. The summed E-state index contributed by atoms with van der Waals surface area (Å²) < 4.78 is 0. The van der Waals surface area contributed by atoms with E-state index in [1.54, 1.807) is 0 Å². The second-order valence-electron chi connectivity index (χ2n) is 5.07. The van der Waals surface area contributed by atoms with Crippen LogP contribution in [0.5, 0.6) is 0 Å². The van der Waals surface area contributed by atoms with Crippen molar-refractivity contribution in [3.05, 3.63) is 5.82 Å². The van der Waals surface area contributed by atoms with Crippen molar-refractivity contribution >= 4 is 0 Å². The van der Waals surface area contributed by atoms with E-state index in [4.69, 9.17) is 0 Å². The zero-order valence-electron chi connectivity index (χ0n) is 9.69. The third-order valence-electron chi connectivity index (χ3n) is 2.92. The van der Waals surface area contributed by atoms with E-state index in [2.05, 4.69) is 34.6 Å². The summed E-state index contributed by atoms with van der Waals surface area (Å²) in [6.45, 7) is 6.71. The largest absolute Gasteiger partial charge is 0.316 e. The monoisotopic (exact) mass is 209 g/mol. The molecular formula is C10H19N5. The Balaban J connectivity index is 2.01. The summed E-state index contributed by atoms with van der Waals surface area (Å²) in [5.41, 5.74) is 0.372. The maximum atomic E-state index is 4.25. The lowest BCUT2D eigenvalue weighted by atomic mass is 9.72. The number of aromatic nitrogens is 4. The molecule has 1 aliphatic heterocycles. The third kappa shape index (κ3) is 2.34. The second kappa shape index (κ2) is 3.89. The van der Waals surface area contributed by atoms with Gasteiger partial charge in [-0.1, -0.05) is 13.8 Å². The van der Waals surface area contributed by atoms with Crippen molar-refractivity contribution in [3.63, 3.8) is 0 Å². The highest BCUT2D eigenvalue weighted by atomic mass is 15.6. The van der Waals surface area contributed by atoms with E-state index < -0.39 is 0 Å². The molecule has 0 amide bonds.